The van der Waals surface area contributed by atoms with Crippen LogP contribution in [0.1, 0.15) is 11.1 Å². The zero-order chi connectivity index (χ0) is 12.7. The molecule has 2 aromatic rings. The molecule has 0 amide bonds. The number of piperazine rings is 1. The summed E-state index contributed by atoms with van der Waals surface area (Å²) < 4.78 is 2.24. The Bertz CT molecular complexity index is 579. The lowest BCUT2D eigenvalue weighted by atomic mass is 10.1. The lowest BCUT2D eigenvalue weighted by molar-refractivity contribution is 0.575. The first-order valence-electron chi connectivity index (χ1n) is 6.57. The number of hydrogen-bond donors (Lipinski definition) is 1. The molecule has 2 heterocycles. The lowest BCUT2D eigenvalue weighted by Crippen LogP contribution is -2.44. The average molecular weight is 244 g/mol. The van der Waals surface area contributed by atoms with E-state index in [0.29, 0.717) is 0 Å². The highest BCUT2D eigenvalue weighted by Gasteiger charge is 2.18. The van der Waals surface area contributed by atoms with Crippen LogP contribution in [0, 0.1) is 13.8 Å². The van der Waals surface area contributed by atoms with Gasteiger partial charge in [-0.25, -0.2) is 4.98 Å². The van der Waals surface area contributed by atoms with E-state index in [1.807, 2.05) is 0 Å². The lowest BCUT2D eigenvalue weighted by Gasteiger charge is -2.28. The van der Waals surface area contributed by atoms with Crippen molar-refractivity contribution in [1.82, 2.24) is 14.9 Å². The van der Waals surface area contributed by atoms with Gasteiger partial charge in [-0.15, -0.1) is 0 Å². The molecule has 0 atom stereocenters. The van der Waals surface area contributed by atoms with Crippen LogP contribution >= 0.6 is 0 Å². The topological polar surface area (TPSA) is 33.1 Å². The van der Waals surface area contributed by atoms with Gasteiger partial charge < -0.3 is 14.8 Å². The Morgan fingerprint density at radius 1 is 1.17 bits per heavy atom. The molecule has 1 aliphatic heterocycles. The van der Waals surface area contributed by atoms with Gasteiger partial charge in [-0.3, -0.25) is 0 Å². The normalized spacial score (nSPS) is 16.5. The van der Waals surface area contributed by atoms with Crippen molar-refractivity contribution in [3.63, 3.8) is 0 Å². The molecule has 4 nitrogen and oxygen atoms in total. The minimum atomic E-state index is 1.04. The van der Waals surface area contributed by atoms with Crippen LogP contribution in [-0.4, -0.2) is 35.7 Å². The molecule has 0 bridgehead atoms. The van der Waals surface area contributed by atoms with Gasteiger partial charge in [0.1, 0.15) is 0 Å². The van der Waals surface area contributed by atoms with Crippen LogP contribution in [0.2, 0.25) is 0 Å². The highest BCUT2D eigenvalue weighted by molar-refractivity contribution is 5.83. The Hall–Kier alpha value is -1.55. The number of anilines is 1. The highest BCUT2D eigenvalue weighted by atomic mass is 15.3. The van der Waals surface area contributed by atoms with E-state index in [1.165, 1.54) is 16.6 Å². The summed E-state index contributed by atoms with van der Waals surface area (Å²) in [6.45, 7) is 8.50. The van der Waals surface area contributed by atoms with Gasteiger partial charge in [0.15, 0.2) is 0 Å². The number of fused-ring (bicyclic) bond motifs is 1. The molecule has 3 rings (SSSR count). The van der Waals surface area contributed by atoms with Crippen LogP contribution in [0.5, 0.6) is 0 Å². The second-order valence-electron chi connectivity index (χ2n) is 5.08. The van der Waals surface area contributed by atoms with Crippen molar-refractivity contribution in [1.29, 1.82) is 0 Å². The molecule has 0 saturated carbocycles. The number of aromatic nitrogens is 2. The molecule has 0 unspecified atom stereocenters. The monoisotopic (exact) mass is 244 g/mol. The quantitative estimate of drug-likeness (QED) is 0.827. The first kappa shape index (κ1) is 11.5. The standard InChI is InChI=1S/C14H20N4/c1-10-4-5-12-13(11(10)2)17(3)14(16-12)18-8-6-15-7-9-18/h4-5,15H,6-9H2,1-3H3. The smallest absolute Gasteiger partial charge is 0.206 e. The maximum absolute atomic E-state index is 4.80. The van der Waals surface area contributed by atoms with Gasteiger partial charge in [-0.05, 0) is 31.0 Å². The van der Waals surface area contributed by atoms with Crippen molar-refractivity contribution in [2.24, 2.45) is 7.05 Å². The average Bonchev–Trinajstić information content (AvgIpc) is 2.73. The summed E-state index contributed by atoms with van der Waals surface area (Å²) in [6, 6.07) is 4.29. The van der Waals surface area contributed by atoms with E-state index >= 15 is 0 Å². The molecule has 0 spiro atoms. The molecule has 96 valence electrons. The number of nitrogens with one attached hydrogen (secondary N) is 1. The molecular weight excluding hydrogens is 224 g/mol. The van der Waals surface area contributed by atoms with E-state index in [2.05, 4.69) is 47.8 Å². The van der Waals surface area contributed by atoms with E-state index in [1.54, 1.807) is 0 Å². The SMILES string of the molecule is Cc1ccc2nc(N3CCNCC3)n(C)c2c1C. The number of aryl methyl sites for hydroxylation is 3. The molecule has 1 aliphatic rings. The Morgan fingerprint density at radius 3 is 2.61 bits per heavy atom. The van der Waals surface area contributed by atoms with Gasteiger partial charge in [0.05, 0.1) is 11.0 Å². The fourth-order valence-corrected chi connectivity index (χ4v) is 2.73. The van der Waals surface area contributed by atoms with Crippen molar-refractivity contribution in [3.8, 4) is 0 Å². The predicted octanol–water partition coefficient (Wildman–Crippen LogP) is 1.60. The van der Waals surface area contributed by atoms with Crippen molar-refractivity contribution in [2.75, 3.05) is 31.1 Å². The van der Waals surface area contributed by atoms with Crippen LogP contribution in [0.15, 0.2) is 12.1 Å². The largest absolute Gasteiger partial charge is 0.340 e. The Labute approximate surface area is 108 Å². The van der Waals surface area contributed by atoms with Crippen molar-refractivity contribution in [2.45, 2.75) is 13.8 Å². The van der Waals surface area contributed by atoms with Gasteiger partial charge in [-0.1, -0.05) is 6.07 Å². The zero-order valence-corrected chi connectivity index (χ0v) is 11.3. The molecule has 0 aliphatic carbocycles. The summed E-state index contributed by atoms with van der Waals surface area (Å²) in [6.07, 6.45) is 0. The second-order valence-corrected chi connectivity index (χ2v) is 5.08. The third-order valence-corrected chi connectivity index (χ3v) is 3.94. The van der Waals surface area contributed by atoms with E-state index in [4.69, 9.17) is 4.98 Å². The third kappa shape index (κ3) is 1.68. The Balaban J connectivity index is 2.13. The van der Waals surface area contributed by atoms with Crippen LogP contribution in [0.4, 0.5) is 5.95 Å². The number of benzene rings is 1. The summed E-state index contributed by atoms with van der Waals surface area (Å²) in [4.78, 5) is 7.17. The number of hydrogen-bond acceptors (Lipinski definition) is 3. The molecule has 18 heavy (non-hydrogen) atoms. The van der Waals surface area contributed by atoms with E-state index in [-0.39, 0.29) is 0 Å². The number of rotatable bonds is 1. The van der Waals surface area contributed by atoms with Gasteiger partial charge in [0, 0.05) is 33.2 Å². The number of nitrogens with zero attached hydrogens (tertiary/aromatic N) is 3. The van der Waals surface area contributed by atoms with E-state index < -0.39 is 0 Å². The van der Waals surface area contributed by atoms with Crippen LogP contribution in [0.3, 0.4) is 0 Å². The molecular formula is C14H20N4. The highest BCUT2D eigenvalue weighted by Crippen LogP contribution is 2.26. The molecule has 1 N–H and O–H groups in total. The van der Waals surface area contributed by atoms with Crippen LogP contribution < -0.4 is 10.2 Å². The van der Waals surface area contributed by atoms with Crippen molar-refractivity contribution >= 4 is 17.0 Å². The number of imidazole rings is 1. The zero-order valence-electron chi connectivity index (χ0n) is 11.3. The fraction of sp³-hybridized carbons (Fsp3) is 0.500. The van der Waals surface area contributed by atoms with Crippen LogP contribution in [0.25, 0.3) is 11.0 Å². The first-order valence-corrected chi connectivity index (χ1v) is 6.57. The van der Waals surface area contributed by atoms with E-state index in [0.717, 1.165) is 37.6 Å². The molecule has 1 fully saturated rings. The summed E-state index contributed by atoms with van der Waals surface area (Å²) in [5, 5.41) is 3.38. The maximum Gasteiger partial charge on any atom is 0.206 e. The summed E-state index contributed by atoms with van der Waals surface area (Å²) in [5.74, 6) is 1.10. The van der Waals surface area contributed by atoms with Gasteiger partial charge >= 0.3 is 0 Å². The molecule has 1 saturated heterocycles. The minimum absolute atomic E-state index is 1.04. The fourth-order valence-electron chi connectivity index (χ4n) is 2.73. The first-order chi connectivity index (χ1) is 8.68. The second kappa shape index (κ2) is 4.28. The molecule has 4 heteroatoms. The molecule has 0 radical (unpaired) electrons. The summed E-state index contributed by atoms with van der Waals surface area (Å²) in [7, 11) is 2.12. The summed E-state index contributed by atoms with van der Waals surface area (Å²) in [5.41, 5.74) is 5.04. The van der Waals surface area contributed by atoms with Gasteiger partial charge in [-0.2, -0.15) is 0 Å². The predicted molar refractivity (Wildman–Crippen MR) is 75.3 cm³/mol. The van der Waals surface area contributed by atoms with E-state index in [9.17, 15) is 0 Å². The Morgan fingerprint density at radius 2 is 1.89 bits per heavy atom. The molecule has 1 aromatic carbocycles. The maximum atomic E-state index is 4.80. The van der Waals surface area contributed by atoms with Crippen molar-refractivity contribution in [3.05, 3.63) is 23.3 Å². The Kier molecular flexibility index (Phi) is 2.74. The van der Waals surface area contributed by atoms with Gasteiger partial charge in [0.2, 0.25) is 5.95 Å². The van der Waals surface area contributed by atoms with Gasteiger partial charge in [0.25, 0.3) is 0 Å². The summed E-state index contributed by atoms with van der Waals surface area (Å²) >= 11 is 0. The van der Waals surface area contributed by atoms with Crippen molar-refractivity contribution < 1.29 is 0 Å². The van der Waals surface area contributed by atoms with Crippen LogP contribution in [-0.2, 0) is 7.05 Å². The minimum Gasteiger partial charge on any atom is -0.340 e. The third-order valence-electron chi connectivity index (χ3n) is 3.94. The molecule has 1 aromatic heterocycles.